The van der Waals surface area contributed by atoms with Gasteiger partial charge in [-0.15, -0.1) is 0 Å². The van der Waals surface area contributed by atoms with Crippen molar-refractivity contribution in [3.63, 3.8) is 0 Å². The van der Waals surface area contributed by atoms with Gasteiger partial charge >= 0.3 is 5.97 Å². The van der Waals surface area contributed by atoms with Crippen molar-refractivity contribution in [2.24, 2.45) is 16.7 Å². The lowest BCUT2D eigenvalue weighted by atomic mass is 9.70. The summed E-state index contributed by atoms with van der Waals surface area (Å²) in [5.41, 5.74) is 0.601. The summed E-state index contributed by atoms with van der Waals surface area (Å²) in [6.45, 7) is 8.74. The molecule has 3 nitrogen and oxygen atoms in total. The zero-order chi connectivity index (χ0) is 13.3. The van der Waals surface area contributed by atoms with Crippen LogP contribution in [0.5, 0.6) is 0 Å². The number of hydrogen-bond acceptors (Lipinski definition) is 2. The third kappa shape index (κ3) is 2.49. The Morgan fingerprint density at radius 1 is 1.35 bits per heavy atom. The van der Waals surface area contributed by atoms with Crippen LogP contribution in [0.15, 0.2) is 0 Å². The third-order valence-electron chi connectivity index (χ3n) is 5.21. The van der Waals surface area contributed by atoms with E-state index in [0.717, 1.165) is 18.8 Å². The van der Waals surface area contributed by atoms with Gasteiger partial charge in [0.05, 0.1) is 6.10 Å². The first-order chi connectivity index (χ1) is 7.75. The zero-order valence-corrected chi connectivity index (χ0v) is 11.5. The van der Waals surface area contributed by atoms with Gasteiger partial charge in [0.2, 0.25) is 0 Å². The predicted molar refractivity (Wildman–Crippen MR) is 67.8 cm³/mol. The number of carboxylic acid groups (broad SMARTS) is 1. The average Bonchev–Trinajstić information content (AvgIpc) is 2.51. The predicted octanol–water partition coefficient (Wildman–Crippen LogP) is 3.06. The molecule has 0 radical (unpaired) electrons. The van der Waals surface area contributed by atoms with E-state index in [1.807, 2.05) is 6.92 Å². The van der Waals surface area contributed by atoms with Crippen LogP contribution in [0.25, 0.3) is 0 Å². The summed E-state index contributed by atoms with van der Waals surface area (Å²) in [6, 6.07) is 0. The van der Waals surface area contributed by atoms with Crippen LogP contribution in [0.3, 0.4) is 0 Å². The fraction of sp³-hybridized carbons (Fsp3) is 0.929. The second-order valence-electron chi connectivity index (χ2n) is 6.27. The van der Waals surface area contributed by atoms with Crippen molar-refractivity contribution >= 4 is 5.97 Å². The van der Waals surface area contributed by atoms with Gasteiger partial charge in [-0.1, -0.05) is 27.7 Å². The molecule has 2 rings (SSSR count). The van der Waals surface area contributed by atoms with Crippen LogP contribution in [-0.2, 0) is 4.79 Å². The standard InChI is InChI=1S/C10H18O.C4H8O2/c1-9(2)7-4-5-10(9,3)8(11)6-7;1-2-3-4(5)6/h7-8,11H,4-6H2,1-3H3;2-3H2,1H3,(H,5,6). The molecule has 100 valence electrons. The maximum atomic E-state index is 9.81. The number of fused-ring (bicyclic) bond motifs is 2. The Hall–Kier alpha value is -0.570. The Balaban J connectivity index is 0.000000209. The number of rotatable bonds is 2. The molecule has 0 heterocycles. The molecule has 2 bridgehead atoms. The van der Waals surface area contributed by atoms with Crippen LogP contribution in [0.4, 0.5) is 0 Å². The number of carbonyl (C=O) groups is 1. The second kappa shape index (κ2) is 4.97. The lowest BCUT2D eigenvalue weighted by Crippen LogP contribution is -2.35. The fourth-order valence-corrected chi connectivity index (χ4v) is 3.38. The first-order valence-electron chi connectivity index (χ1n) is 6.65. The molecule has 3 heteroatoms. The molecule has 2 aliphatic carbocycles. The molecule has 2 fully saturated rings. The third-order valence-corrected chi connectivity index (χ3v) is 5.21. The van der Waals surface area contributed by atoms with E-state index >= 15 is 0 Å². The lowest BCUT2D eigenvalue weighted by Gasteiger charge is -2.36. The lowest BCUT2D eigenvalue weighted by molar-refractivity contribution is -0.137. The molecule has 0 spiro atoms. The summed E-state index contributed by atoms with van der Waals surface area (Å²) < 4.78 is 0. The monoisotopic (exact) mass is 242 g/mol. The smallest absolute Gasteiger partial charge is 0.303 e. The number of aliphatic hydroxyl groups is 1. The van der Waals surface area contributed by atoms with Gasteiger partial charge in [-0.3, -0.25) is 4.79 Å². The van der Waals surface area contributed by atoms with Crippen molar-refractivity contribution in [1.29, 1.82) is 0 Å². The van der Waals surface area contributed by atoms with Gasteiger partial charge in [-0.2, -0.15) is 0 Å². The van der Waals surface area contributed by atoms with Gasteiger partial charge in [0.25, 0.3) is 0 Å². The van der Waals surface area contributed by atoms with Gasteiger partial charge in [0, 0.05) is 6.42 Å². The van der Waals surface area contributed by atoms with Gasteiger partial charge in [-0.25, -0.2) is 0 Å². The summed E-state index contributed by atoms with van der Waals surface area (Å²) in [5.74, 6) is 0.0694. The van der Waals surface area contributed by atoms with Crippen molar-refractivity contribution in [2.75, 3.05) is 0 Å². The molecule has 2 aliphatic rings. The molecular formula is C14H26O3. The number of hydrogen-bond donors (Lipinski definition) is 2. The van der Waals surface area contributed by atoms with E-state index in [4.69, 9.17) is 5.11 Å². The Bertz CT molecular complexity index is 285. The molecule has 2 N–H and O–H groups in total. The van der Waals surface area contributed by atoms with Crippen molar-refractivity contribution in [1.82, 2.24) is 0 Å². The topological polar surface area (TPSA) is 57.5 Å². The van der Waals surface area contributed by atoms with Crippen LogP contribution in [-0.4, -0.2) is 22.3 Å². The van der Waals surface area contributed by atoms with Gasteiger partial charge in [-0.05, 0) is 42.4 Å². The largest absolute Gasteiger partial charge is 0.481 e. The number of aliphatic carboxylic acids is 1. The highest BCUT2D eigenvalue weighted by Crippen LogP contribution is 2.65. The van der Waals surface area contributed by atoms with Crippen LogP contribution >= 0.6 is 0 Å². The first kappa shape index (κ1) is 14.5. The van der Waals surface area contributed by atoms with E-state index in [9.17, 15) is 9.90 Å². The number of aliphatic hydroxyl groups excluding tert-OH is 1. The minimum absolute atomic E-state index is 0.0313. The van der Waals surface area contributed by atoms with Gasteiger partial charge < -0.3 is 10.2 Å². The summed E-state index contributed by atoms with van der Waals surface area (Å²) in [4.78, 5) is 9.60. The Kier molecular flexibility index (Phi) is 4.23. The molecule has 0 aromatic heterocycles. The zero-order valence-electron chi connectivity index (χ0n) is 11.5. The summed E-state index contributed by atoms with van der Waals surface area (Å²) in [5, 5.41) is 17.7. The molecule has 0 saturated heterocycles. The molecule has 2 saturated carbocycles. The molecular weight excluding hydrogens is 216 g/mol. The SMILES string of the molecule is CC1(C)C2CCC1(C)C(O)C2.CCCC(=O)O. The van der Waals surface area contributed by atoms with E-state index in [1.54, 1.807) is 0 Å². The van der Waals surface area contributed by atoms with Crippen LogP contribution in [0.2, 0.25) is 0 Å². The van der Waals surface area contributed by atoms with Gasteiger partial charge in [0.1, 0.15) is 0 Å². The summed E-state index contributed by atoms with van der Waals surface area (Å²) in [6.07, 6.45) is 4.60. The molecule has 0 aromatic carbocycles. The minimum atomic E-state index is -0.711. The van der Waals surface area contributed by atoms with E-state index < -0.39 is 5.97 Å². The second-order valence-corrected chi connectivity index (χ2v) is 6.27. The average molecular weight is 242 g/mol. The van der Waals surface area contributed by atoms with Crippen LogP contribution in [0, 0.1) is 16.7 Å². The maximum absolute atomic E-state index is 9.81. The Morgan fingerprint density at radius 2 is 1.94 bits per heavy atom. The van der Waals surface area contributed by atoms with Crippen molar-refractivity contribution in [3.8, 4) is 0 Å². The molecule has 0 aromatic rings. The Labute approximate surface area is 104 Å². The summed E-state index contributed by atoms with van der Waals surface area (Å²) in [7, 11) is 0. The molecule has 3 unspecified atom stereocenters. The molecule has 0 amide bonds. The first-order valence-corrected chi connectivity index (χ1v) is 6.65. The molecule has 0 aliphatic heterocycles. The van der Waals surface area contributed by atoms with Crippen molar-refractivity contribution in [2.45, 2.75) is 65.9 Å². The van der Waals surface area contributed by atoms with E-state index in [2.05, 4.69) is 20.8 Å². The maximum Gasteiger partial charge on any atom is 0.303 e. The normalized spacial score (nSPS) is 37.5. The molecule has 17 heavy (non-hydrogen) atoms. The highest BCUT2D eigenvalue weighted by molar-refractivity contribution is 5.66. The highest BCUT2D eigenvalue weighted by atomic mass is 16.4. The van der Waals surface area contributed by atoms with E-state index in [0.29, 0.717) is 11.8 Å². The van der Waals surface area contributed by atoms with Crippen LogP contribution in [0.1, 0.15) is 59.8 Å². The van der Waals surface area contributed by atoms with Crippen LogP contribution < -0.4 is 0 Å². The fourth-order valence-electron chi connectivity index (χ4n) is 3.38. The Morgan fingerprint density at radius 3 is 2.06 bits per heavy atom. The van der Waals surface area contributed by atoms with Crippen molar-refractivity contribution in [3.05, 3.63) is 0 Å². The highest BCUT2D eigenvalue weighted by Gasteiger charge is 2.60. The molecule has 3 atom stereocenters. The van der Waals surface area contributed by atoms with Crippen molar-refractivity contribution < 1.29 is 15.0 Å². The summed E-state index contributed by atoms with van der Waals surface area (Å²) >= 11 is 0. The van der Waals surface area contributed by atoms with E-state index in [1.165, 1.54) is 12.8 Å². The number of carboxylic acids is 1. The minimum Gasteiger partial charge on any atom is -0.481 e. The van der Waals surface area contributed by atoms with E-state index in [-0.39, 0.29) is 11.5 Å². The quantitative estimate of drug-likeness (QED) is 0.782. The van der Waals surface area contributed by atoms with Gasteiger partial charge in [0.15, 0.2) is 0 Å².